The lowest BCUT2D eigenvalue weighted by atomic mass is 10.1. The van der Waals surface area contributed by atoms with Gasteiger partial charge >= 0.3 is 5.76 Å². The van der Waals surface area contributed by atoms with Crippen molar-refractivity contribution in [1.29, 1.82) is 0 Å². The Hall–Kier alpha value is -2.45. The van der Waals surface area contributed by atoms with Crippen molar-refractivity contribution in [3.8, 4) is 0 Å². The molecule has 1 aromatic heterocycles. The van der Waals surface area contributed by atoms with Gasteiger partial charge in [-0.15, -0.1) is 0 Å². The topological polar surface area (TPSA) is 76.4 Å². The molecular formula is C17H12ClF2NO4S. The molecule has 0 unspecified atom stereocenters. The zero-order chi connectivity index (χ0) is 19.1. The first-order valence-corrected chi connectivity index (χ1v) is 9.24. The van der Waals surface area contributed by atoms with E-state index in [0.717, 1.165) is 12.1 Å². The van der Waals surface area contributed by atoms with Gasteiger partial charge in [-0.25, -0.2) is 8.42 Å². The second kappa shape index (κ2) is 6.69. The minimum absolute atomic E-state index is 0.0755. The Labute approximate surface area is 152 Å². The maximum absolute atomic E-state index is 12.5. The number of anilines is 1. The van der Waals surface area contributed by atoms with Crippen molar-refractivity contribution >= 4 is 44.0 Å². The van der Waals surface area contributed by atoms with Crippen molar-refractivity contribution < 1.29 is 26.4 Å². The minimum atomic E-state index is -4.68. The molecule has 0 saturated carbocycles. The zero-order valence-electron chi connectivity index (χ0n) is 13.3. The summed E-state index contributed by atoms with van der Waals surface area (Å²) in [6.07, 6.45) is 0. The zero-order valence-corrected chi connectivity index (χ0v) is 14.9. The third kappa shape index (κ3) is 3.30. The lowest BCUT2D eigenvalue weighted by molar-refractivity contribution is 0.0998. The summed E-state index contributed by atoms with van der Waals surface area (Å²) in [6.45, 7) is 1.70. The largest absolute Gasteiger partial charge is 0.451 e. The van der Waals surface area contributed by atoms with Crippen LogP contribution in [-0.2, 0) is 9.84 Å². The summed E-state index contributed by atoms with van der Waals surface area (Å²) >= 11 is 5.94. The Balaban J connectivity index is 1.86. The molecule has 0 radical (unpaired) electrons. The molecule has 0 aliphatic carbocycles. The molecule has 3 rings (SSSR count). The second-order valence-corrected chi connectivity index (χ2v) is 7.84. The van der Waals surface area contributed by atoms with Crippen LogP contribution in [0.2, 0.25) is 5.02 Å². The molecule has 2 aromatic carbocycles. The highest BCUT2D eigenvalue weighted by Gasteiger charge is 2.26. The molecule has 9 heteroatoms. The summed E-state index contributed by atoms with van der Waals surface area (Å²) in [5, 5.41) is 3.73. The first-order chi connectivity index (χ1) is 12.2. The Bertz CT molecular complexity index is 1090. The molecule has 0 aliphatic rings. The standard InChI is InChI=1S/C17H12ClF2NO4S/c1-9-13-8-10(18)2-7-14(13)25-15(9)16(22)21-11-3-5-12(6-4-11)26(23,24)17(19)20/h2-8,17H,1H3,(H,21,22). The smallest absolute Gasteiger partial charge is 0.341 e. The average Bonchev–Trinajstić information content (AvgIpc) is 2.92. The third-order valence-corrected chi connectivity index (χ3v) is 5.41. The van der Waals surface area contributed by atoms with Gasteiger partial charge in [0.2, 0.25) is 9.84 Å². The Kier molecular flexibility index (Phi) is 4.72. The van der Waals surface area contributed by atoms with Gasteiger partial charge in [-0.1, -0.05) is 11.6 Å². The minimum Gasteiger partial charge on any atom is -0.451 e. The van der Waals surface area contributed by atoms with Crippen molar-refractivity contribution in [2.24, 2.45) is 0 Å². The van der Waals surface area contributed by atoms with Gasteiger partial charge < -0.3 is 9.73 Å². The molecule has 0 spiro atoms. The summed E-state index contributed by atoms with van der Waals surface area (Å²) in [4.78, 5) is 11.9. The molecule has 0 aliphatic heterocycles. The van der Waals surface area contributed by atoms with E-state index in [1.165, 1.54) is 12.1 Å². The van der Waals surface area contributed by atoms with Crippen molar-refractivity contribution in [3.63, 3.8) is 0 Å². The van der Waals surface area contributed by atoms with E-state index in [9.17, 15) is 22.0 Å². The maximum atomic E-state index is 12.5. The van der Waals surface area contributed by atoms with Crippen molar-refractivity contribution in [3.05, 3.63) is 58.8 Å². The third-order valence-electron chi connectivity index (χ3n) is 3.78. The van der Waals surface area contributed by atoms with Crippen molar-refractivity contribution in [2.75, 3.05) is 5.32 Å². The highest BCUT2D eigenvalue weighted by Crippen LogP contribution is 2.28. The first-order valence-electron chi connectivity index (χ1n) is 7.32. The van der Waals surface area contributed by atoms with Crippen LogP contribution in [0.4, 0.5) is 14.5 Å². The van der Waals surface area contributed by atoms with Crippen LogP contribution in [0.3, 0.4) is 0 Å². The monoisotopic (exact) mass is 399 g/mol. The van der Waals surface area contributed by atoms with Gasteiger partial charge in [-0.3, -0.25) is 4.79 Å². The van der Waals surface area contributed by atoms with E-state index in [2.05, 4.69) is 5.32 Å². The Morgan fingerprint density at radius 2 is 1.81 bits per heavy atom. The quantitative estimate of drug-likeness (QED) is 0.693. The molecule has 1 heterocycles. The number of furan rings is 1. The van der Waals surface area contributed by atoms with Gasteiger partial charge in [0.05, 0.1) is 4.90 Å². The summed E-state index contributed by atoms with van der Waals surface area (Å²) in [5.74, 6) is -3.99. The molecule has 0 atom stereocenters. The van der Waals surface area contributed by atoms with Crippen LogP contribution in [0.5, 0.6) is 0 Å². The summed E-state index contributed by atoms with van der Waals surface area (Å²) in [6, 6.07) is 9.41. The van der Waals surface area contributed by atoms with E-state index < -0.39 is 26.4 Å². The SMILES string of the molecule is Cc1c(C(=O)Nc2ccc(S(=O)(=O)C(F)F)cc2)oc2ccc(Cl)cc12. The van der Waals surface area contributed by atoms with Crippen molar-refractivity contribution in [1.82, 2.24) is 0 Å². The van der Waals surface area contributed by atoms with Crippen LogP contribution in [0.1, 0.15) is 16.1 Å². The molecule has 0 saturated heterocycles. The van der Waals surface area contributed by atoms with E-state index >= 15 is 0 Å². The normalized spacial score (nSPS) is 11.9. The Morgan fingerprint density at radius 3 is 2.42 bits per heavy atom. The van der Waals surface area contributed by atoms with E-state index in [-0.39, 0.29) is 11.4 Å². The average molecular weight is 400 g/mol. The molecular weight excluding hydrogens is 388 g/mol. The second-order valence-electron chi connectivity index (χ2n) is 5.48. The number of carbonyl (C=O) groups is 1. The number of carbonyl (C=O) groups excluding carboxylic acids is 1. The molecule has 3 aromatic rings. The number of rotatable bonds is 4. The highest BCUT2D eigenvalue weighted by molar-refractivity contribution is 7.91. The number of fused-ring (bicyclic) bond motifs is 1. The number of nitrogens with one attached hydrogen (secondary N) is 1. The van der Waals surface area contributed by atoms with Crippen LogP contribution in [0, 0.1) is 6.92 Å². The molecule has 26 heavy (non-hydrogen) atoms. The van der Waals surface area contributed by atoms with Crippen molar-refractivity contribution in [2.45, 2.75) is 17.6 Å². The number of halogens is 3. The van der Waals surface area contributed by atoms with E-state index in [0.29, 0.717) is 21.6 Å². The summed E-state index contributed by atoms with van der Waals surface area (Å²) in [5.41, 5.74) is 1.33. The van der Waals surface area contributed by atoms with E-state index in [4.69, 9.17) is 16.0 Å². The number of alkyl halides is 2. The lowest BCUT2D eigenvalue weighted by Crippen LogP contribution is -2.13. The van der Waals surface area contributed by atoms with Crippen LogP contribution in [0.25, 0.3) is 11.0 Å². The molecule has 0 fully saturated rings. The number of sulfone groups is 1. The summed E-state index contributed by atoms with van der Waals surface area (Å²) < 4.78 is 53.4. The predicted molar refractivity (Wildman–Crippen MR) is 93.5 cm³/mol. The summed E-state index contributed by atoms with van der Waals surface area (Å²) in [7, 11) is -4.68. The predicted octanol–water partition coefficient (Wildman–Crippen LogP) is 4.64. The first kappa shape index (κ1) is 18.3. The maximum Gasteiger partial charge on any atom is 0.341 e. The van der Waals surface area contributed by atoms with Crippen LogP contribution >= 0.6 is 11.6 Å². The van der Waals surface area contributed by atoms with Gasteiger partial charge in [0.1, 0.15) is 5.58 Å². The number of hydrogen-bond donors (Lipinski definition) is 1. The van der Waals surface area contributed by atoms with Crippen LogP contribution < -0.4 is 5.32 Å². The fourth-order valence-corrected chi connectivity index (χ4v) is 3.32. The fraction of sp³-hybridized carbons (Fsp3) is 0.118. The molecule has 136 valence electrons. The van der Waals surface area contributed by atoms with E-state index in [1.54, 1.807) is 25.1 Å². The number of benzene rings is 2. The molecule has 0 bridgehead atoms. The van der Waals surface area contributed by atoms with Gasteiger partial charge in [-0.2, -0.15) is 8.78 Å². The highest BCUT2D eigenvalue weighted by atomic mass is 35.5. The number of aryl methyl sites for hydroxylation is 1. The molecule has 1 N–H and O–H groups in total. The van der Waals surface area contributed by atoms with Gasteiger partial charge in [0.25, 0.3) is 5.91 Å². The van der Waals surface area contributed by atoms with Gasteiger partial charge in [-0.05, 0) is 49.4 Å². The Morgan fingerprint density at radius 1 is 1.15 bits per heavy atom. The number of hydrogen-bond acceptors (Lipinski definition) is 4. The van der Waals surface area contributed by atoms with Crippen LogP contribution in [0.15, 0.2) is 51.8 Å². The lowest BCUT2D eigenvalue weighted by Gasteiger charge is -2.06. The van der Waals surface area contributed by atoms with Gasteiger partial charge in [0, 0.05) is 21.7 Å². The fourth-order valence-electron chi connectivity index (χ4n) is 2.43. The van der Waals surface area contributed by atoms with E-state index in [1.807, 2.05) is 0 Å². The molecule has 5 nitrogen and oxygen atoms in total. The van der Waals surface area contributed by atoms with Gasteiger partial charge in [0.15, 0.2) is 5.76 Å². The molecule has 1 amide bonds. The number of amides is 1. The van der Waals surface area contributed by atoms with Crippen LogP contribution in [-0.4, -0.2) is 20.1 Å².